The summed E-state index contributed by atoms with van der Waals surface area (Å²) in [6, 6.07) is 10.6. The maximum absolute atomic E-state index is 12.3. The summed E-state index contributed by atoms with van der Waals surface area (Å²) in [6.07, 6.45) is -0.701. The summed E-state index contributed by atoms with van der Waals surface area (Å²) in [7, 11) is 3.92. The first-order valence-corrected chi connectivity index (χ1v) is 8.24. The second-order valence-corrected chi connectivity index (χ2v) is 6.56. The van der Waals surface area contributed by atoms with Crippen molar-refractivity contribution in [2.75, 3.05) is 24.3 Å². The summed E-state index contributed by atoms with van der Waals surface area (Å²) in [4.78, 5) is 14.3. The number of anilines is 2. The monoisotopic (exact) mass is 366 g/mol. The molecule has 0 radical (unpaired) electrons. The van der Waals surface area contributed by atoms with Crippen molar-refractivity contribution in [2.45, 2.75) is 20.0 Å². The van der Waals surface area contributed by atoms with Crippen LogP contribution in [0.25, 0.3) is 0 Å². The molecule has 0 saturated heterocycles. The van der Waals surface area contributed by atoms with Crippen molar-refractivity contribution in [1.82, 2.24) is 0 Å². The highest BCUT2D eigenvalue weighted by molar-refractivity contribution is 6.35. The number of nitrogens with zero attached hydrogens (tertiary/aromatic N) is 1. The van der Waals surface area contributed by atoms with Gasteiger partial charge in [0.2, 0.25) is 0 Å². The summed E-state index contributed by atoms with van der Waals surface area (Å²) >= 11 is 11.9. The van der Waals surface area contributed by atoms with Crippen molar-refractivity contribution in [3.05, 3.63) is 52.0 Å². The van der Waals surface area contributed by atoms with Crippen LogP contribution in [0.3, 0.4) is 0 Å². The number of halogens is 2. The van der Waals surface area contributed by atoms with Crippen LogP contribution in [0.15, 0.2) is 36.4 Å². The molecule has 0 aliphatic heterocycles. The van der Waals surface area contributed by atoms with E-state index in [2.05, 4.69) is 5.32 Å². The molecule has 2 aromatic rings. The maximum Gasteiger partial charge on any atom is 0.265 e. The summed E-state index contributed by atoms with van der Waals surface area (Å²) in [6.45, 7) is 3.69. The average molecular weight is 367 g/mol. The molecule has 2 rings (SSSR count). The molecule has 24 heavy (non-hydrogen) atoms. The van der Waals surface area contributed by atoms with Crippen LogP contribution < -0.4 is 15.0 Å². The fourth-order valence-corrected chi connectivity index (χ4v) is 2.68. The average Bonchev–Trinajstić information content (AvgIpc) is 2.51. The SMILES string of the molecule is Cc1ccc(NC(=O)[C@H](C)Oc2ccc(Cl)cc2Cl)cc1N(C)C. The van der Waals surface area contributed by atoms with E-state index in [1.54, 1.807) is 25.1 Å². The van der Waals surface area contributed by atoms with Gasteiger partial charge in [0.25, 0.3) is 5.91 Å². The number of hydrogen-bond acceptors (Lipinski definition) is 3. The van der Waals surface area contributed by atoms with Gasteiger partial charge >= 0.3 is 0 Å². The Kier molecular flexibility index (Phi) is 5.97. The number of rotatable bonds is 5. The van der Waals surface area contributed by atoms with E-state index in [4.69, 9.17) is 27.9 Å². The smallest absolute Gasteiger partial charge is 0.265 e. The maximum atomic E-state index is 12.3. The lowest BCUT2D eigenvalue weighted by molar-refractivity contribution is -0.122. The van der Waals surface area contributed by atoms with E-state index >= 15 is 0 Å². The Balaban J connectivity index is 2.07. The highest BCUT2D eigenvalue weighted by Gasteiger charge is 2.17. The topological polar surface area (TPSA) is 41.6 Å². The predicted octanol–water partition coefficient (Wildman–Crippen LogP) is 4.77. The molecule has 0 aliphatic rings. The summed E-state index contributed by atoms with van der Waals surface area (Å²) in [5.41, 5.74) is 2.89. The Morgan fingerprint density at radius 1 is 1.17 bits per heavy atom. The zero-order valence-electron chi connectivity index (χ0n) is 14.1. The second kappa shape index (κ2) is 7.77. The van der Waals surface area contributed by atoms with E-state index in [1.807, 2.05) is 44.1 Å². The Morgan fingerprint density at radius 2 is 1.88 bits per heavy atom. The van der Waals surface area contributed by atoms with Crippen molar-refractivity contribution in [2.24, 2.45) is 0 Å². The number of ether oxygens (including phenoxy) is 1. The molecular formula is C18H20Cl2N2O2. The zero-order chi connectivity index (χ0) is 17.9. The van der Waals surface area contributed by atoms with E-state index < -0.39 is 6.10 Å². The lowest BCUT2D eigenvalue weighted by Crippen LogP contribution is -2.30. The van der Waals surface area contributed by atoms with Gasteiger partial charge in [-0.05, 0) is 49.7 Å². The van der Waals surface area contributed by atoms with Crippen molar-refractivity contribution in [1.29, 1.82) is 0 Å². The largest absolute Gasteiger partial charge is 0.479 e. The summed E-state index contributed by atoms with van der Waals surface area (Å²) in [5, 5.41) is 3.74. The minimum Gasteiger partial charge on any atom is -0.479 e. The standard InChI is InChI=1S/C18H20Cl2N2O2/c1-11-5-7-14(10-16(11)22(3)4)21-18(23)12(2)24-17-8-6-13(19)9-15(17)20/h5-10,12H,1-4H3,(H,21,23)/t12-/m0/s1. The lowest BCUT2D eigenvalue weighted by Gasteiger charge is -2.19. The molecule has 0 unspecified atom stereocenters. The first-order chi connectivity index (χ1) is 11.3. The quantitative estimate of drug-likeness (QED) is 0.828. The van der Waals surface area contributed by atoms with Gasteiger partial charge in [-0.2, -0.15) is 0 Å². The van der Waals surface area contributed by atoms with Gasteiger partial charge in [0.15, 0.2) is 6.10 Å². The van der Waals surface area contributed by atoms with Crippen LogP contribution in [0, 0.1) is 6.92 Å². The third-order valence-corrected chi connectivity index (χ3v) is 4.06. The number of nitrogens with one attached hydrogen (secondary N) is 1. The van der Waals surface area contributed by atoms with Gasteiger partial charge in [-0.25, -0.2) is 0 Å². The zero-order valence-corrected chi connectivity index (χ0v) is 15.6. The van der Waals surface area contributed by atoms with Crippen LogP contribution in [0.4, 0.5) is 11.4 Å². The molecule has 0 bridgehead atoms. The first-order valence-electron chi connectivity index (χ1n) is 7.48. The van der Waals surface area contributed by atoms with Crippen molar-refractivity contribution in [3.8, 4) is 5.75 Å². The van der Waals surface area contributed by atoms with Gasteiger partial charge in [0, 0.05) is 30.5 Å². The van der Waals surface area contributed by atoms with Crippen molar-refractivity contribution >= 4 is 40.5 Å². The van der Waals surface area contributed by atoms with Gasteiger partial charge < -0.3 is 15.0 Å². The molecule has 128 valence electrons. The molecule has 0 saturated carbocycles. The summed E-state index contributed by atoms with van der Waals surface area (Å²) in [5.74, 6) is 0.163. The Bertz CT molecular complexity index is 748. The third-order valence-electron chi connectivity index (χ3n) is 3.53. The molecule has 0 fully saturated rings. The van der Waals surface area contributed by atoms with Gasteiger partial charge in [0.05, 0.1) is 5.02 Å². The van der Waals surface area contributed by atoms with Crippen LogP contribution in [-0.4, -0.2) is 26.1 Å². The first kappa shape index (κ1) is 18.4. The fraction of sp³-hybridized carbons (Fsp3) is 0.278. The molecule has 1 amide bonds. The van der Waals surface area contributed by atoms with Crippen LogP contribution in [0.1, 0.15) is 12.5 Å². The number of carbonyl (C=O) groups is 1. The van der Waals surface area contributed by atoms with E-state index in [0.29, 0.717) is 21.5 Å². The van der Waals surface area contributed by atoms with Gasteiger partial charge in [-0.15, -0.1) is 0 Å². The van der Waals surface area contributed by atoms with Crippen LogP contribution in [0.5, 0.6) is 5.75 Å². The van der Waals surface area contributed by atoms with Crippen LogP contribution in [-0.2, 0) is 4.79 Å². The Hall–Kier alpha value is -1.91. The molecule has 1 atom stereocenters. The Labute approximate surface area is 152 Å². The predicted molar refractivity (Wildman–Crippen MR) is 101 cm³/mol. The van der Waals surface area contributed by atoms with Gasteiger partial charge in [-0.3, -0.25) is 4.79 Å². The minimum absolute atomic E-state index is 0.255. The normalized spacial score (nSPS) is 11.8. The lowest BCUT2D eigenvalue weighted by atomic mass is 10.1. The summed E-state index contributed by atoms with van der Waals surface area (Å²) < 4.78 is 5.62. The highest BCUT2D eigenvalue weighted by atomic mass is 35.5. The van der Waals surface area contributed by atoms with Gasteiger partial charge in [0.1, 0.15) is 5.75 Å². The number of benzene rings is 2. The van der Waals surface area contributed by atoms with E-state index in [1.165, 1.54) is 0 Å². The molecule has 0 spiro atoms. The molecule has 6 heteroatoms. The van der Waals surface area contributed by atoms with Gasteiger partial charge in [-0.1, -0.05) is 29.3 Å². The van der Waals surface area contributed by atoms with Crippen LogP contribution in [0.2, 0.25) is 10.0 Å². The van der Waals surface area contributed by atoms with E-state index in [-0.39, 0.29) is 5.91 Å². The molecule has 0 heterocycles. The number of hydrogen-bond donors (Lipinski definition) is 1. The molecule has 2 aromatic carbocycles. The molecule has 0 aromatic heterocycles. The highest BCUT2D eigenvalue weighted by Crippen LogP contribution is 2.28. The fourth-order valence-electron chi connectivity index (χ4n) is 2.23. The van der Waals surface area contributed by atoms with E-state index in [9.17, 15) is 4.79 Å². The second-order valence-electron chi connectivity index (χ2n) is 5.72. The number of amides is 1. The Morgan fingerprint density at radius 3 is 2.50 bits per heavy atom. The third kappa shape index (κ3) is 4.56. The molecule has 0 aliphatic carbocycles. The van der Waals surface area contributed by atoms with Crippen molar-refractivity contribution < 1.29 is 9.53 Å². The van der Waals surface area contributed by atoms with E-state index in [0.717, 1.165) is 11.3 Å². The van der Waals surface area contributed by atoms with Crippen molar-refractivity contribution in [3.63, 3.8) is 0 Å². The molecular weight excluding hydrogens is 347 g/mol. The molecule has 4 nitrogen and oxygen atoms in total. The molecule has 1 N–H and O–H groups in total. The van der Waals surface area contributed by atoms with Crippen LogP contribution >= 0.6 is 23.2 Å². The number of aryl methyl sites for hydroxylation is 1. The minimum atomic E-state index is -0.701. The number of carbonyl (C=O) groups excluding carboxylic acids is 1.